The van der Waals surface area contributed by atoms with Crippen LogP contribution in [0, 0.1) is 16.0 Å². The number of ether oxygens (including phenoxy) is 1. The molecule has 122 valence electrons. The summed E-state index contributed by atoms with van der Waals surface area (Å²) in [7, 11) is 0. The van der Waals surface area contributed by atoms with E-state index in [1.165, 1.54) is 6.07 Å². The number of non-ortho nitro benzene ring substituents is 1. The van der Waals surface area contributed by atoms with E-state index in [2.05, 4.69) is 15.4 Å². The standard InChI is InChI=1S/C13H17F2N3O4/c14-13(15)22-12-2-1-10(18(20)21)3-8(12)4-16-5-9-6-17-7-11(9)19/h1-3,9,11,13,16-17,19H,4-7H2. The van der Waals surface area contributed by atoms with Gasteiger partial charge in [0, 0.05) is 49.8 Å². The van der Waals surface area contributed by atoms with Crippen LogP contribution < -0.4 is 15.4 Å². The van der Waals surface area contributed by atoms with Gasteiger partial charge in [-0.1, -0.05) is 0 Å². The number of rotatable bonds is 7. The van der Waals surface area contributed by atoms with Gasteiger partial charge in [-0.05, 0) is 6.07 Å². The lowest BCUT2D eigenvalue weighted by atomic mass is 10.1. The molecule has 2 unspecified atom stereocenters. The molecule has 0 aliphatic carbocycles. The monoisotopic (exact) mass is 317 g/mol. The smallest absolute Gasteiger partial charge is 0.387 e. The third-order valence-corrected chi connectivity index (χ3v) is 3.50. The summed E-state index contributed by atoms with van der Waals surface area (Å²) < 4.78 is 29.1. The summed E-state index contributed by atoms with van der Waals surface area (Å²) in [4.78, 5) is 10.2. The molecule has 0 amide bonds. The van der Waals surface area contributed by atoms with E-state index in [0.29, 0.717) is 19.6 Å². The molecule has 22 heavy (non-hydrogen) atoms. The van der Waals surface area contributed by atoms with Gasteiger partial charge >= 0.3 is 6.61 Å². The SMILES string of the molecule is O=[N+]([O-])c1ccc(OC(F)F)c(CNCC2CNCC2O)c1. The number of alkyl halides is 2. The van der Waals surface area contributed by atoms with Crippen molar-refractivity contribution in [1.29, 1.82) is 0 Å². The normalized spacial score (nSPS) is 21.3. The summed E-state index contributed by atoms with van der Waals surface area (Å²) in [6.45, 7) is -1.23. The Balaban J connectivity index is 2.02. The van der Waals surface area contributed by atoms with Crippen molar-refractivity contribution in [3.05, 3.63) is 33.9 Å². The van der Waals surface area contributed by atoms with Gasteiger partial charge in [-0.2, -0.15) is 8.78 Å². The summed E-state index contributed by atoms with van der Waals surface area (Å²) in [5.41, 5.74) is 0.0796. The molecule has 1 fully saturated rings. The van der Waals surface area contributed by atoms with E-state index in [1.807, 2.05) is 0 Å². The van der Waals surface area contributed by atoms with Crippen LogP contribution in [0.4, 0.5) is 14.5 Å². The van der Waals surface area contributed by atoms with Crippen molar-refractivity contribution in [2.24, 2.45) is 5.92 Å². The average Bonchev–Trinajstić information content (AvgIpc) is 2.85. The number of nitro groups is 1. The minimum atomic E-state index is -3.00. The van der Waals surface area contributed by atoms with Gasteiger partial charge in [0.2, 0.25) is 0 Å². The summed E-state index contributed by atoms with van der Waals surface area (Å²) in [5.74, 6) is -0.0867. The minimum absolute atomic E-state index is 0.0122. The Morgan fingerprint density at radius 1 is 1.50 bits per heavy atom. The topological polar surface area (TPSA) is 96.7 Å². The van der Waals surface area contributed by atoms with Crippen LogP contribution in [-0.2, 0) is 6.54 Å². The number of halogens is 2. The number of nitrogens with zero attached hydrogens (tertiary/aromatic N) is 1. The van der Waals surface area contributed by atoms with Crippen molar-refractivity contribution in [2.45, 2.75) is 19.3 Å². The maximum atomic E-state index is 12.4. The van der Waals surface area contributed by atoms with Crippen molar-refractivity contribution < 1.29 is 23.5 Å². The van der Waals surface area contributed by atoms with Gasteiger partial charge in [-0.15, -0.1) is 0 Å². The molecule has 0 aromatic heterocycles. The molecule has 0 saturated carbocycles. The lowest BCUT2D eigenvalue weighted by molar-refractivity contribution is -0.385. The van der Waals surface area contributed by atoms with Crippen LogP contribution in [0.25, 0.3) is 0 Å². The molecule has 1 aliphatic heterocycles. The zero-order valence-corrected chi connectivity index (χ0v) is 11.7. The molecule has 0 bridgehead atoms. The van der Waals surface area contributed by atoms with Crippen LogP contribution in [0.2, 0.25) is 0 Å². The quantitative estimate of drug-likeness (QED) is 0.510. The third-order valence-electron chi connectivity index (χ3n) is 3.50. The highest BCUT2D eigenvalue weighted by atomic mass is 19.3. The van der Waals surface area contributed by atoms with Crippen LogP contribution in [0.15, 0.2) is 18.2 Å². The molecule has 1 aliphatic rings. The van der Waals surface area contributed by atoms with E-state index < -0.39 is 17.6 Å². The predicted octanol–water partition coefficient (Wildman–Crippen LogP) is 0.866. The van der Waals surface area contributed by atoms with Crippen LogP contribution in [-0.4, -0.2) is 42.4 Å². The number of hydrogen-bond acceptors (Lipinski definition) is 6. The predicted molar refractivity (Wildman–Crippen MR) is 73.8 cm³/mol. The van der Waals surface area contributed by atoms with Crippen molar-refractivity contribution in [3.63, 3.8) is 0 Å². The van der Waals surface area contributed by atoms with Crippen LogP contribution in [0.3, 0.4) is 0 Å². The third kappa shape index (κ3) is 4.33. The highest BCUT2D eigenvalue weighted by Crippen LogP contribution is 2.25. The molecule has 7 nitrogen and oxygen atoms in total. The molecule has 1 aromatic carbocycles. The summed E-state index contributed by atoms with van der Waals surface area (Å²) in [6.07, 6.45) is -0.464. The van der Waals surface area contributed by atoms with Crippen molar-refractivity contribution in [1.82, 2.24) is 10.6 Å². The van der Waals surface area contributed by atoms with E-state index >= 15 is 0 Å². The fraction of sp³-hybridized carbons (Fsp3) is 0.538. The van der Waals surface area contributed by atoms with E-state index in [4.69, 9.17) is 0 Å². The lowest BCUT2D eigenvalue weighted by Crippen LogP contribution is -2.30. The van der Waals surface area contributed by atoms with Gasteiger partial charge in [-0.3, -0.25) is 10.1 Å². The second-order valence-corrected chi connectivity index (χ2v) is 5.04. The molecule has 3 N–H and O–H groups in total. The molecule has 1 aromatic rings. The number of nitrogens with one attached hydrogen (secondary N) is 2. The van der Waals surface area contributed by atoms with E-state index in [1.54, 1.807) is 0 Å². The zero-order chi connectivity index (χ0) is 16.1. The second kappa shape index (κ2) is 7.43. The van der Waals surface area contributed by atoms with Crippen LogP contribution >= 0.6 is 0 Å². The van der Waals surface area contributed by atoms with Gasteiger partial charge < -0.3 is 20.5 Å². The number of aliphatic hydroxyl groups is 1. The lowest BCUT2D eigenvalue weighted by Gasteiger charge is -2.15. The first-order valence-electron chi connectivity index (χ1n) is 6.79. The first-order valence-corrected chi connectivity index (χ1v) is 6.79. The van der Waals surface area contributed by atoms with E-state index in [-0.39, 0.29) is 29.5 Å². The first kappa shape index (κ1) is 16.5. The maximum Gasteiger partial charge on any atom is 0.387 e. The molecular weight excluding hydrogens is 300 g/mol. The van der Waals surface area contributed by atoms with Gasteiger partial charge in [-0.25, -0.2) is 0 Å². The average molecular weight is 317 g/mol. The number of β-amino-alcohol motifs (C(OH)–C–C–N with tert-alkyl or cyclic N) is 1. The zero-order valence-electron chi connectivity index (χ0n) is 11.7. The summed E-state index contributed by atoms with van der Waals surface area (Å²) in [5, 5.41) is 26.5. The molecule has 0 radical (unpaired) electrons. The van der Waals surface area contributed by atoms with Crippen LogP contribution in [0.1, 0.15) is 5.56 Å². The molecule has 1 saturated heterocycles. The van der Waals surface area contributed by atoms with Crippen molar-refractivity contribution in [3.8, 4) is 5.75 Å². The number of nitro benzene ring substituents is 1. The second-order valence-electron chi connectivity index (χ2n) is 5.04. The first-order chi connectivity index (χ1) is 10.5. The molecule has 2 atom stereocenters. The van der Waals surface area contributed by atoms with Crippen LogP contribution in [0.5, 0.6) is 5.75 Å². The Morgan fingerprint density at radius 3 is 2.86 bits per heavy atom. The highest BCUT2D eigenvalue weighted by molar-refractivity contribution is 5.43. The summed E-state index contributed by atoms with van der Waals surface area (Å²) in [6, 6.07) is 3.48. The largest absolute Gasteiger partial charge is 0.434 e. The van der Waals surface area contributed by atoms with Gasteiger partial charge in [0.1, 0.15) is 5.75 Å². The summed E-state index contributed by atoms with van der Waals surface area (Å²) >= 11 is 0. The molecule has 2 rings (SSSR count). The maximum absolute atomic E-state index is 12.4. The molecule has 0 spiro atoms. The van der Waals surface area contributed by atoms with Crippen molar-refractivity contribution >= 4 is 5.69 Å². The Kier molecular flexibility index (Phi) is 5.58. The van der Waals surface area contributed by atoms with Gasteiger partial charge in [0.15, 0.2) is 0 Å². The van der Waals surface area contributed by atoms with Crippen molar-refractivity contribution in [2.75, 3.05) is 19.6 Å². The Bertz CT molecular complexity index is 530. The highest BCUT2D eigenvalue weighted by Gasteiger charge is 2.24. The number of aliphatic hydroxyl groups excluding tert-OH is 1. The molecule has 9 heteroatoms. The Labute approximate surface area is 125 Å². The fourth-order valence-corrected chi connectivity index (χ4v) is 2.35. The number of hydrogen-bond donors (Lipinski definition) is 3. The Hall–Kier alpha value is -1.84. The van der Waals surface area contributed by atoms with E-state index in [0.717, 1.165) is 12.1 Å². The van der Waals surface area contributed by atoms with E-state index in [9.17, 15) is 24.0 Å². The Morgan fingerprint density at radius 2 is 2.27 bits per heavy atom. The van der Waals surface area contributed by atoms with Gasteiger partial charge in [0.25, 0.3) is 5.69 Å². The molecular formula is C13H17F2N3O4. The fourth-order valence-electron chi connectivity index (χ4n) is 2.35. The minimum Gasteiger partial charge on any atom is -0.434 e. The molecule has 1 heterocycles. The van der Waals surface area contributed by atoms with Gasteiger partial charge in [0.05, 0.1) is 11.0 Å². The number of benzene rings is 1.